The number of rotatable bonds is 6. The number of para-hydroxylation sites is 3. The van der Waals surface area contributed by atoms with Gasteiger partial charge in [-0.15, -0.1) is 22.7 Å². The molecular weight excluding hydrogens is 1140 g/mol. The van der Waals surface area contributed by atoms with Crippen molar-refractivity contribution in [3.8, 4) is 55.9 Å². The Kier molecular flexibility index (Phi) is 11.7. The Morgan fingerprint density at radius 3 is 1.19 bits per heavy atom. The number of aromatic nitrogens is 2. The molecule has 0 amide bonds. The van der Waals surface area contributed by atoms with Crippen LogP contribution in [0.2, 0.25) is 0 Å². The minimum absolute atomic E-state index is 0.921. The highest BCUT2D eigenvalue weighted by atomic mass is 32.1. The molecule has 3 nitrogen and oxygen atoms in total. The Morgan fingerprint density at radius 2 is 0.637 bits per heavy atom. The predicted octanol–water partition coefficient (Wildman–Crippen LogP) is 25.2. The Morgan fingerprint density at radius 1 is 0.231 bits per heavy atom. The van der Waals surface area contributed by atoms with Gasteiger partial charge in [0.1, 0.15) is 11.2 Å². The molecule has 0 atom stereocenters. The number of furan rings is 1. The topological polar surface area (TPSA) is 23.0 Å². The molecule has 5 heterocycles. The summed E-state index contributed by atoms with van der Waals surface area (Å²) in [5.74, 6) is 0. The summed E-state index contributed by atoms with van der Waals surface area (Å²) in [6, 6.07) is 115. The molecule has 20 rings (SSSR count). The smallest absolute Gasteiger partial charge is 0.136 e. The minimum atomic E-state index is 0.921. The number of thiophene rings is 2. The molecule has 0 spiro atoms. The zero-order chi connectivity index (χ0) is 59.7. The van der Waals surface area contributed by atoms with Gasteiger partial charge in [0.25, 0.3) is 0 Å². The van der Waals surface area contributed by atoms with Crippen LogP contribution in [0.3, 0.4) is 0 Å². The second-order valence-electron chi connectivity index (χ2n) is 23.8. The lowest BCUT2D eigenvalue weighted by molar-refractivity contribution is 0.669. The molecule has 0 N–H and O–H groups in total. The summed E-state index contributed by atoms with van der Waals surface area (Å²) in [4.78, 5) is 0. The van der Waals surface area contributed by atoms with E-state index in [9.17, 15) is 0 Å². The summed E-state index contributed by atoms with van der Waals surface area (Å²) in [5, 5.41) is 18.1. The first-order valence-electron chi connectivity index (χ1n) is 31.0. The molecule has 20 aromatic rings. The van der Waals surface area contributed by atoms with E-state index in [1.54, 1.807) is 0 Å². The van der Waals surface area contributed by atoms with Crippen LogP contribution < -0.4 is 0 Å². The first kappa shape index (κ1) is 51.7. The maximum absolute atomic E-state index is 6.19. The number of benzene rings is 15. The van der Waals surface area contributed by atoms with Crippen LogP contribution in [-0.2, 0) is 0 Å². The molecule has 0 aliphatic heterocycles. The van der Waals surface area contributed by atoms with Crippen LogP contribution in [-0.4, -0.2) is 9.13 Å². The normalized spacial score (nSPS) is 12.0. The number of fused-ring (bicyclic) bond motifs is 23. The fourth-order valence-corrected chi connectivity index (χ4v) is 17.3. The zero-order valence-electron chi connectivity index (χ0n) is 49.1. The van der Waals surface area contributed by atoms with Gasteiger partial charge in [0.2, 0.25) is 0 Å². The SMILES string of the molecule is c1ccc(-c2cc(-c3ccccc3)cc(-c3cccc(-n4c5ccccc5c5c6ccccc6c6c7ccccc7sc6c54)c3)c2)cc1.c1ccc2c(c1)oc1cccc(-c3ccc(-n4c5ccccc5c5c6ccccc6c6c7ccccc7sc6c54)cc3)c12. The van der Waals surface area contributed by atoms with E-state index in [0.29, 0.717) is 0 Å². The zero-order valence-corrected chi connectivity index (χ0v) is 50.8. The Balaban J connectivity index is 0.000000131. The van der Waals surface area contributed by atoms with Crippen LogP contribution >= 0.6 is 22.7 Å². The Bertz CT molecular complexity index is 6260. The summed E-state index contributed by atoms with van der Waals surface area (Å²) >= 11 is 3.81. The first-order valence-corrected chi connectivity index (χ1v) is 32.7. The molecule has 0 aliphatic carbocycles. The van der Waals surface area contributed by atoms with Gasteiger partial charge in [-0.25, -0.2) is 0 Å². The van der Waals surface area contributed by atoms with Gasteiger partial charge in [0, 0.05) is 74.6 Å². The molecule has 0 bridgehead atoms. The molecule has 91 heavy (non-hydrogen) atoms. The molecule has 0 unspecified atom stereocenters. The Hall–Kier alpha value is -11.3. The molecule has 5 aromatic heterocycles. The van der Waals surface area contributed by atoms with Crippen molar-refractivity contribution in [2.45, 2.75) is 0 Å². The molecule has 15 aromatic carbocycles. The second kappa shape index (κ2) is 20.6. The maximum atomic E-state index is 6.19. The highest BCUT2D eigenvalue weighted by Gasteiger charge is 2.24. The third-order valence-corrected chi connectivity index (χ3v) is 21.1. The van der Waals surface area contributed by atoms with Crippen molar-refractivity contribution in [2.24, 2.45) is 0 Å². The van der Waals surface area contributed by atoms with Crippen molar-refractivity contribution in [2.75, 3.05) is 0 Å². The van der Waals surface area contributed by atoms with E-state index in [1.165, 1.54) is 161 Å². The van der Waals surface area contributed by atoms with Crippen LogP contribution in [0.25, 0.3) is 183 Å². The maximum Gasteiger partial charge on any atom is 0.136 e. The van der Waals surface area contributed by atoms with E-state index in [-0.39, 0.29) is 0 Å². The second-order valence-corrected chi connectivity index (χ2v) is 25.9. The minimum Gasteiger partial charge on any atom is -0.456 e. The van der Waals surface area contributed by atoms with E-state index in [2.05, 4.69) is 312 Å². The summed E-state index contributed by atoms with van der Waals surface area (Å²) in [5.41, 5.74) is 18.8. The van der Waals surface area contributed by atoms with Gasteiger partial charge in [-0.3, -0.25) is 0 Å². The average molecular weight is 1190 g/mol. The average Bonchev–Trinajstić information content (AvgIpc) is 1.57. The molecule has 424 valence electrons. The van der Waals surface area contributed by atoms with Gasteiger partial charge in [0.05, 0.1) is 31.5 Å². The van der Waals surface area contributed by atoms with E-state index < -0.39 is 0 Å². The number of hydrogen-bond donors (Lipinski definition) is 0. The third kappa shape index (κ3) is 8.05. The lowest BCUT2D eigenvalue weighted by Crippen LogP contribution is -1.95. The molecule has 5 heteroatoms. The standard InChI is InChI=1S/C46H29NS.C40H23NOS/c1-3-14-30(15-4-1)33-26-34(31-16-5-2-6-17-31)28-35(27-33)32-18-13-19-36(29-32)47-41-24-11-9-22-39(41)43-37-20-7-8-21-38(37)44-40-23-10-12-25-42(40)48-46(44)45(43)47;1-2-11-28-27(10-1)37-29-12-3-6-16-32(29)41(39(37)40-38(28)31-14-5-8-19-35(31)43-40)25-22-20-24(21-23-25)26-15-9-18-34-36(26)30-13-4-7-17-33(30)42-34/h1-29H;1-23H. The van der Waals surface area contributed by atoms with E-state index >= 15 is 0 Å². The monoisotopic (exact) mass is 1190 g/mol. The fraction of sp³-hybridized carbons (Fsp3) is 0. The van der Waals surface area contributed by atoms with Crippen molar-refractivity contribution < 1.29 is 4.42 Å². The van der Waals surface area contributed by atoms with Crippen LogP contribution in [0, 0.1) is 0 Å². The van der Waals surface area contributed by atoms with Gasteiger partial charge >= 0.3 is 0 Å². The van der Waals surface area contributed by atoms with Crippen molar-refractivity contribution in [1.29, 1.82) is 0 Å². The van der Waals surface area contributed by atoms with Gasteiger partial charge in [-0.05, 0) is 145 Å². The lowest BCUT2D eigenvalue weighted by atomic mass is 9.93. The summed E-state index contributed by atoms with van der Waals surface area (Å²) in [7, 11) is 0. The summed E-state index contributed by atoms with van der Waals surface area (Å²) < 4.78 is 16.5. The van der Waals surface area contributed by atoms with E-state index in [0.717, 1.165) is 22.2 Å². The van der Waals surface area contributed by atoms with Crippen molar-refractivity contribution in [1.82, 2.24) is 9.13 Å². The fourth-order valence-electron chi connectivity index (χ4n) is 14.8. The molecule has 0 saturated heterocycles. The van der Waals surface area contributed by atoms with Gasteiger partial charge in [-0.1, -0.05) is 237 Å². The molecular formula is C86H52N2OS2. The lowest BCUT2D eigenvalue weighted by Gasteiger charge is -2.14. The number of nitrogens with zero attached hydrogens (tertiary/aromatic N) is 2. The molecule has 0 radical (unpaired) electrons. The van der Waals surface area contributed by atoms with Gasteiger partial charge in [0.15, 0.2) is 0 Å². The van der Waals surface area contributed by atoms with Gasteiger partial charge < -0.3 is 13.6 Å². The Labute approximate surface area is 531 Å². The quantitative estimate of drug-likeness (QED) is 0.163. The predicted molar refractivity (Wildman–Crippen MR) is 391 cm³/mol. The van der Waals surface area contributed by atoms with Crippen molar-refractivity contribution in [3.63, 3.8) is 0 Å². The van der Waals surface area contributed by atoms with Crippen molar-refractivity contribution in [3.05, 3.63) is 315 Å². The number of hydrogen-bond acceptors (Lipinski definition) is 3. The first-order chi connectivity index (χ1) is 45.2. The molecule has 0 fully saturated rings. The molecule has 0 aliphatic rings. The summed E-state index contributed by atoms with van der Waals surface area (Å²) in [6.45, 7) is 0. The third-order valence-electron chi connectivity index (χ3n) is 18.7. The largest absolute Gasteiger partial charge is 0.456 e. The summed E-state index contributed by atoms with van der Waals surface area (Å²) in [6.07, 6.45) is 0. The van der Waals surface area contributed by atoms with Gasteiger partial charge in [-0.2, -0.15) is 0 Å². The van der Waals surface area contributed by atoms with E-state index in [1.807, 2.05) is 34.8 Å². The van der Waals surface area contributed by atoms with Crippen LogP contribution in [0.4, 0.5) is 0 Å². The van der Waals surface area contributed by atoms with Crippen LogP contribution in [0.15, 0.2) is 320 Å². The molecule has 0 saturated carbocycles. The highest BCUT2D eigenvalue weighted by Crippen LogP contribution is 2.51. The van der Waals surface area contributed by atoms with Crippen molar-refractivity contribution >= 4 is 150 Å². The van der Waals surface area contributed by atoms with Crippen LogP contribution in [0.5, 0.6) is 0 Å². The van der Waals surface area contributed by atoms with E-state index in [4.69, 9.17) is 4.42 Å². The van der Waals surface area contributed by atoms with Crippen LogP contribution in [0.1, 0.15) is 0 Å². The highest BCUT2D eigenvalue weighted by molar-refractivity contribution is 7.27.